The fourth-order valence-corrected chi connectivity index (χ4v) is 4.34. The van der Waals surface area contributed by atoms with Crippen molar-refractivity contribution in [3.63, 3.8) is 0 Å². The smallest absolute Gasteiger partial charge is 0.255 e. The molecule has 7 aromatic rings. The number of H-pyrrole nitrogens is 2. The Morgan fingerprint density at radius 2 is 1.74 bits per heavy atom. The number of furan rings is 1. The summed E-state index contributed by atoms with van der Waals surface area (Å²) in [6.07, 6.45) is 10.1. The zero-order valence-electron chi connectivity index (χ0n) is 19.7. The second kappa shape index (κ2) is 8.79. The minimum Gasteiger partial charge on any atom is -0.472 e. The minimum atomic E-state index is -0.209. The number of nitrogens with zero attached hydrogens (tertiary/aromatic N) is 5. The fourth-order valence-electron chi connectivity index (χ4n) is 4.34. The molecule has 10 nitrogen and oxygen atoms in total. The van der Waals surface area contributed by atoms with Crippen LogP contribution in [0.25, 0.3) is 56.0 Å². The first-order valence-electron chi connectivity index (χ1n) is 11.8. The highest BCUT2D eigenvalue weighted by Crippen LogP contribution is 2.31. The molecular formula is C28H18N8O2. The summed E-state index contributed by atoms with van der Waals surface area (Å²) in [7, 11) is 0. The molecule has 0 spiro atoms. The molecule has 6 heterocycles. The molecule has 0 bridgehead atoms. The molecule has 3 N–H and O–H groups in total. The van der Waals surface area contributed by atoms with E-state index in [4.69, 9.17) is 14.4 Å². The number of nitrogens with one attached hydrogen (secondary N) is 3. The predicted molar refractivity (Wildman–Crippen MR) is 142 cm³/mol. The van der Waals surface area contributed by atoms with Gasteiger partial charge in [0.25, 0.3) is 5.91 Å². The highest BCUT2D eigenvalue weighted by molar-refractivity contribution is 6.04. The molecule has 0 aliphatic heterocycles. The van der Waals surface area contributed by atoms with Gasteiger partial charge in [-0.25, -0.2) is 9.97 Å². The number of pyridine rings is 3. The number of hydrogen-bond acceptors (Lipinski definition) is 7. The Kier molecular flexibility index (Phi) is 5.00. The summed E-state index contributed by atoms with van der Waals surface area (Å²) in [5, 5.41) is 10.4. The second-order valence-electron chi connectivity index (χ2n) is 8.63. The maximum atomic E-state index is 12.6. The van der Waals surface area contributed by atoms with Gasteiger partial charge in [0.1, 0.15) is 11.0 Å². The van der Waals surface area contributed by atoms with Crippen LogP contribution < -0.4 is 5.32 Å². The Morgan fingerprint density at radius 1 is 0.842 bits per heavy atom. The SMILES string of the molecule is O=C(Nc1cncc(-c2ccc3[nH]nc(-c4nc5c(-c6ccoc6)cncc5[nH]4)c3n2)c1)c1ccccc1. The van der Waals surface area contributed by atoms with Crippen LogP contribution in [0.2, 0.25) is 0 Å². The van der Waals surface area contributed by atoms with Crippen LogP contribution in [0.5, 0.6) is 0 Å². The molecule has 0 saturated heterocycles. The molecule has 0 aliphatic carbocycles. The van der Waals surface area contributed by atoms with Crippen LogP contribution in [0.3, 0.4) is 0 Å². The third-order valence-electron chi connectivity index (χ3n) is 6.19. The van der Waals surface area contributed by atoms with E-state index in [1.54, 1.807) is 49.4 Å². The summed E-state index contributed by atoms with van der Waals surface area (Å²) in [6, 6.07) is 16.5. The number of anilines is 1. The van der Waals surface area contributed by atoms with Gasteiger partial charge in [-0.2, -0.15) is 5.10 Å². The van der Waals surface area contributed by atoms with Crippen molar-refractivity contribution in [1.29, 1.82) is 0 Å². The van der Waals surface area contributed by atoms with Gasteiger partial charge in [-0.05, 0) is 36.4 Å². The van der Waals surface area contributed by atoms with Crippen molar-refractivity contribution in [3.8, 4) is 33.9 Å². The molecule has 1 amide bonds. The predicted octanol–water partition coefficient (Wildman–Crippen LogP) is 5.47. The first kappa shape index (κ1) is 21.6. The van der Waals surface area contributed by atoms with Gasteiger partial charge in [-0.15, -0.1) is 0 Å². The van der Waals surface area contributed by atoms with Crippen molar-refractivity contribution in [3.05, 3.63) is 97.5 Å². The molecule has 0 fully saturated rings. The average molecular weight is 499 g/mol. The Hall–Kier alpha value is -5.64. The summed E-state index contributed by atoms with van der Waals surface area (Å²) in [6.45, 7) is 0. The van der Waals surface area contributed by atoms with Crippen LogP contribution >= 0.6 is 0 Å². The molecule has 0 saturated carbocycles. The van der Waals surface area contributed by atoms with Crippen molar-refractivity contribution in [2.45, 2.75) is 0 Å². The highest BCUT2D eigenvalue weighted by atomic mass is 16.3. The monoisotopic (exact) mass is 498 g/mol. The lowest BCUT2D eigenvalue weighted by Crippen LogP contribution is -2.11. The summed E-state index contributed by atoms with van der Waals surface area (Å²) in [5.74, 6) is 0.356. The highest BCUT2D eigenvalue weighted by Gasteiger charge is 2.17. The number of aromatic amines is 2. The number of amides is 1. The van der Waals surface area contributed by atoms with E-state index in [1.807, 2.05) is 42.5 Å². The van der Waals surface area contributed by atoms with Crippen molar-refractivity contribution >= 4 is 33.7 Å². The lowest BCUT2D eigenvalue weighted by Gasteiger charge is -2.07. The molecule has 0 radical (unpaired) electrons. The van der Waals surface area contributed by atoms with E-state index < -0.39 is 0 Å². The number of carbonyl (C=O) groups is 1. The third kappa shape index (κ3) is 3.77. The standard InChI is InChI=1S/C28H18N8O2/c37-28(16-4-2-1-3-5-16)31-19-10-18(11-29-12-19)21-6-7-22-25(32-21)26(36-35-22)27-33-23-14-30-13-20(24(23)34-27)17-8-9-38-15-17/h1-15H,(H,31,37)(H,33,34)(H,35,36). The van der Waals surface area contributed by atoms with Crippen LogP contribution in [0, 0.1) is 0 Å². The number of benzene rings is 1. The van der Waals surface area contributed by atoms with E-state index >= 15 is 0 Å². The third-order valence-corrected chi connectivity index (χ3v) is 6.19. The molecule has 182 valence electrons. The molecule has 0 unspecified atom stereocenters. The van der Waals surface area contributed by atoms with Crippen molar-refractivity contribution in [2.75, 3.05) is 5.32 Å². The van der Waals surface area contributed by atoms with E-state index in [1.165, 1.54) is 0 Å². The first-order chi connectivity index (χ1) is 18.7. The zero-order valence-corrected chi connectivity index (χ0v) is 19.7. The van der Waals surface area contributed by atoms with E-state index in [-0.39, 0.29) is 5.91 Å². The number of aromatic nitrogens is 7. The molecule has 0 aliphatic rings. The average Bonchev–Trinajstić information content (AvgIpc) is 3.73. The Morgan fingerprint density at radius 3 is 2.61 bits per heavy atom. The summed E-state index contributed by atoms with van der Waals surface area (Å²) >= 11 is 0. The topological polar surface area (TPSA) is 138 Å². The fraction of sp³-hybridized carbons (Fsp3) is 0. The van der Waals surface area contributed by atoms with Gasteiger partial charge >= 0.3 is 0 Å². The maximum Gasteiger partial charge on any atom is 0.255 e. The van der Waals surface area contributed by atoms with Gasteiger partial charge in [0.15, 0.2) is 11.5 Å². The van der Waals surface area contributed by atoms with Crippen LogP contribution in [0.15, 0.2) is 96.3 Å². The van der Waals surface area contributed by atoms with Gasteiger partial charge in [-0.3, -0.25) is 19.9 Å². The largest absolute Gasteiger partial charge is 0.472 e. The number of imidazole rings is 1. The van der Waals surface area contributed by atoms with Crippen LogP contribution in [-0.2, 0) is 0 Å². The second-order valence-corrected chi connectivity index (χ2v) is 8.63. The molecular weight excluding hydrogens is 480 g/mol. The van der Waals surface area contributed by atoms with Crippen molar-refractivity contribution in [1.82, 2.24) is 35.1 Å². The molecule has 10 heteroatoms. The normalized spacial score (nSPS) is 11.3. The quantitative estimate of drug-likeness (QED) is 0.286. The Labute approximate surface area is 214 Å². The van der Waals surface area contributed by atoms with Gasteiger partial charge in [0.2, 0.25) is 0 Å². The lowest BCUT2D eigenvalue weighted by atomic mass is 10.1. The molecule has 0 atom stereocenters. The first-order valence-corrected chi connectivity index (χ1v) is 11.8. The van der Waals surface area contributed by atoms with Crippen molar-refractivity contribution in [2.24, 2.45) is 0 Å². The summed E-state index contributed by atoms with van der Waals surface area (Å²) in [5.41, 5.74) is 7.84. The maximum absolute atomic E-state index is 12.6. The lowest BCUT2D eigenvalue weighted by molar-refractivity contribution is 0.102. The zero-order chi connectivity index (χ0) is 25.5. The summed E-state index contributed by atoms with van der Waals surface area (Å²) < 4.78 is 5.24. The van der Waals surface area contributed by atoms with Gasteiger partial charge in [-0.1, -0.05) is 18.2 Å². The van der Waals surface area contributed by atoms with E-state index in [0.717, 1.165) is 33.2 Å². The van der Waals surface area contributed by atoms with Gasteiger partial charge < -0.3 is 14.7 Å². The number of rotatable bonds is 5. The molecule has 1 aromatic carbocycles. The van der Waals surface area contributed by atoms with Gasteiger partial charge in [0.05, 0.1) is 47.3 Å². The van der Waals surface area contributed by atoms with Gasteiger partial charge in [0, 0.05) is 34.6 Å². The van der Waals surface area contributed by atoms with E-state index in [2.05, 4.69) is 30.5 Å². The molecule has 7 rings (SSSR count). The molecule has 6 aromatic heterocycles. The Balaban J connectivity index is 1.25. The van der Waals surface area contributed by atoms with E-state index in [9.17, 15) is 4.79 Å². The minimum absolute atomic E-state index is 0.209. The number of hydrogen-bond donors (Lipinski definition) is 3. The van der Waals surface area contributed by atoms with Crippen LogP contribution in [0.1, 0.15) is 10.4 Å². The van der Waals surface area contributed by atoms with Crippen LogP contribution in [0.4, 0.5) is 5.69 Å². The molecule has 38 heavy (non-hydrogen) atoms. The number of fused-ring (bicyclic) bond motifs is 2. The van der Waals surface area contributed by atoms with Crippen molar-refractivity contribution < 1.29 is 9.21 Å². The number of carbonyl (C=O) groups excluding carboxylic acids is 1. The Bertz CT molecular complexity index is 1920. The van der Waals surface area contributed by atoms with Crippen LogP contribution in [-0.4, -0.2) is 41.0 Å². The summed E-state index contributed by atoms with van der Waals surface area (Å²) in [4.78, 5) is 34.2. The van der Waals surface area contributed by atoms with E-state index in [0.29, 0.717) is 34.0 Å².